The van der Waals surface area contributed by atoms with Crippen LogP contribution in [0.1, 0.15) is 22.3 Å². The normalized spacial score (nSPS) is 10.5. The molecule has 1 N–H and O–H groups in total. The summed E-state index contributed by atoms with van der Waals surface area (Å²) in [6.07, 6.45) is 0. The summed E-state index contributed by atoms with van der Waals surface area (Å²) in [6, 6.07) is 11.5. The molecule has 0 saturated heterocycles. The Morgan fingerprint density at radius 3 is 2.47 bits per heavy atom. The lowest BCUT2D eigenvalue weighted by atomic mass is 10.0. The Morgan fingerprint density at radius 1 is 1.05 bits per heavy atom. The summed E-state index contributed by atoms with van der Waals surface area (Å²) < 4.78 is 5.86. The maximum atomic E-state index is 9.38. The topological polar surface area (TPSA) is 29.5 Å². The van der Waals surface area contributed by atoms with Crippen molar-refractivity contribution >= 4 is 11.6 Å². The molecule has 0 unspecified atom stereocenters. The summed E-state index contributed by atoms with van der Waals surface area (Å²) in [5, 5.41) is 10.1. The van der Waals surface area contributed by atoms with Gasteiger partial charge in [0, 0.05) is 16.1 Å². The molecule has 0 aromatic heterocycles. The Morgan fingerprint density at radius 2 is 1.79 bits per heavy atom. The van der Waals surface area contributed by atoms with Crippen LogP contribution in [0.4, 0.5) is 0 Å². The van der Waals surface area contributed by atoms with Crippen molar-refractivity contribution in [1.82, 2.24) is 0 Å². The number of aliphatic hydroxyl groups is 1. The molecule has 100 valence electrons. The van der Waals surface area contributed by atoms with Gasteiger partial charge in [-0.3, -0.25) is 0 Å². The third kappa shape index (κ3) is 3.09. The second-order valence-electron chi connectivity index (χ2n) is 4.53. The molecule has 0 spiro atoms. The molecule has 0 aliphatic heterocycles. The van der Waals surface area contributed by atoms with Crippen LogP contribution in [0.25, 0.3) is 0 Å². The molecule has 0 heterocycles. The minimum absolute atomic E-state index is 0.0288. The number of ether oxygens (including phenoxy) is 1. The molecule has 0 bridgehead atoms. The van der Waals surface area contributed by atoms with Crippen LogP contribution in [-0.2, 0) is 13.2 Å². The molecule has 0 atom stereocenters. The van der Waals surface area contributed by atoms with Crippen LogP contribution in [0.2, 0.25) is 5.02 Å². The zero-order valence-electron chi connectivity index (χ0n) is 11.1. The van der Waals surface area contributed by atoms with Crippen LogP contribution in [0, 0.1) is 13.8 Å². The highest BCUT2D eigenvalue weighted by Gasteiger charge is 2.10. The van der Waals surface area contributed by atoms with E-state index in [2.05, 4.69) is 0 Å². The van der Waals surface area contributed by atoms with Gasteiger partial charge >= 0.3 is 0 Å². The lowest BCUT2D eigenvalue weighted by molar-refractivity contribution is 0.258. The minimum Gasteiger partial charge on any atom is -0.488 e. The maximum absolute atomic E-state index is 9.38. The first-order chi connectivity index (χ1) is 9.13. The van der Waals surface area contributed by atoms with Gasteiger partial charge in [-0.25, -0.2) is 0 Å². The fourth-order valence-corrected chi connectivity index (χ4v) is 2.13. The molecule has 0 amide bonds. The summed E-state index contributed by atoms with van der Waals surface area (Å²) in [7, 11) is 0. The molecule has 2 aromatic rings. The van der Waals surface area contributed by atoms with Crippen LogP contribution in [0.3, 0.4) is 0 Å². The van der Waals surface area contributed by atoms with Gasteiger partial charge in [0.2, 0.25) is 0 Å². The van der Waals surface area contributed by atoms with E-state index in [1.165, 1.54) is 0 Å². The van der Waals surface area contributed by atoms with Gasteiger partial charge in [0.1, 0.15) is 12.4 Å². The van der Waals surface area contributed by atoms with Gasteiger partial charge in [0.25, 0.3) is 0 Å². The van der Waals surface area contributed by atoms with E-state index in [4.69, 9.17) is 16.3 Å². The summed E-state index contributed by atoms with van der Waals surface area (Å²) >= 11 is 6.11. The fraction of sp³-hybridized carbons (Fsp3) is 0.250. The van der Waals surface area contributed by atoms with Crippen molar-refractivity contribution in [3.63, 3.8) is 0 Å². The van der Waals surface area contributed by atoms with E-state index in [9.17, 15) is 5.11 Å². The molecular weight excluding hydrogens is 260 g/mol. The molecular formula is C16H17ClO2. The van der Waals surface area contributed by atoms with E-state index in [1.54, 1.807) is 0 Å². The number of rotatable bonds is 4. The van der Waals surface area contributed by atoms with Crippen LogP contribution in [0.5, 0.6) is 5.75 Å². The van der Waals surface area contributed by atoms with Crippen LogP contribution in [-0.4, -0.2) is 5.11 Å². The molecule has 2 nitrogen and oxygen atoms in total. The summed E-state index contributed by atoms with van der Waals surface area (Å²) in [6.45, 7) is 4.39. The van der Waals surface area contributed by atoms with E-state index < -0.39 is 0 Å². The highest BCUT2D eigenvalue weighted by atomic mass is 35.5. The van der Waals surface area contributed by atoms with Gasteiger partial charge in [-0.05, 0) is 31.0 Å². The second-order valence-corrected chi connectivity index (χ2v) is 4.94. The SMILES string of the molecule is Cc1ccc(CO)c(OCc2ccccc2Cl)c1C. The summed E-state index contributed by atoms with van der Waals surface area (Å²) in [5.74, 6) is 0.752. The predicted molar refractivity (Wildman–Crippen MR) is 77.6 cm³/mol. The first kappa shape index (κ1) is 13.9. The molecule has 3 heteroatoms. The average molecular weight is 277 g/mol. The van der Waals surface area contributed by atoms with E-state index in [1.807, 2.05) is 50.2 Å². The third-order valence-electron chi connectivity index (χ3n) is 3.26. The Kier molecular flexibility index (Phi) is 4.46. The minimum atomic E-state index is -0.0288. The smallest absolute Gasteiger partial charge is 0.128 e. The molecule has 0 radical (unpaired) electrons. The predicted octanol–water partition coefficient (Wildman–Crippen LogP) is 4.03. The maximum Gasteiger partial charge on any atom is 0.128 e. The van der Waals surface area contributed by atoms with E-state index >= 15 is 0 Å². The summed E-state index contributed by atoms with van der Waals surface area (Å²) in [4.78, 5) is 0. The van der Waals surface area contributed by atoms with Crippen molar-refractivity contribution in [2.24, 2.45) is 0 Å². The number of aliphatic hydroxyl groups excluding tert-OH is 1. The highest BCUT2D eigenvalue weighted by molar-refractivity contribution is 6.31. The Bertz CT molecular complexity index is 579. The van der Waals surface area contributed by atoms with Crippen LogP contribution < -0.4 is 4.74 Å². The molecule has 0 aliphatic carbocycles. The van der Waals surface area contributed by atoms with Crippen molar-refractivity contribution in [2.75, 3.05) is 0 Å². The van der Waals surface area contributed by atoms with Gasteiger partial charge in [-0.15, -0.1) is 0 Å². The largest absolute Gasteiger partial charge is 0.488 e. The van der Waals surface area contributed by atoms with E-state index in [-0.39, 0.29) is 6.61 Å². The Hall–Kier alpha value is -1.51. The zero-order chi connectivity index (χ0) is 13.8. The number of hydrogen-bond donors (Lipinski definition) is 1. The number of hydrogen-bond acceptors (Lipinski definition) is 2. The molecule has 2 aromatic carbocycles. The van der Waals surface area contributed by atoms with Gasteiger partial charge in [0.15, 0.2) is 0 Å². The zero-order valence-corrected chi connectivity index (χ0v) is 11.9. The summed E-state index contributed by atoms with van der Waals surface area (Å²) in [5.41, 5.74) is 3.94. The van der Waals surface area contributed by atoms with E-state index in [0.29, 0.717) is 11.6 Å². The van der Waals surface area contributed by atoms with Gasteiger partial charge in [-0.2, -0.15) is 0 Å². The van der Waals surface area contributed by atoms with Crippen LogP contribution in [0.15, 0.2) is 36.4 Å². The molecule has 0 saturated carbocycles. The van der Waals surface area contributed by atoms with Crippen molar-refractivity contribution in [2.45, 2.75) is 27.1 Å². The molecule has 0 fully saturated rings. The second kappa shape index (κ2) is 6.09. The molecule has 19 heavy (non-hydrogen) atoms. The quantitative estimate of drug-likeness (QED) is 0.914. The lowest BCUT2D eigenvalue weighted by Gasteiger charge is -2.15. The van der Waals surface area contributed by atoms with Gasteiger partial charge in [-0.1, -0.05) is 41.9 Å². The first-order valence-electron chi connectivity index (χ1n) is 6.19. The van der Waals surface area contributed by atoms with Crippen molar-refractivity contribution in [3.8, 4) is 5.75 Å². The van der Waals surface area contributed by atoms with Crippen molar-refractivity contribution in [3.05, 3.63) is 63.7 Å². The average Bonchev–Trinajstić information content (AvgIpc) is 2.42. The Labute approximate surface area is 118 Å². The highest BCUT2D eigenvalue weighted by Crippen LogP contribution is 2.28. The van der Waals surface area contributed by atoms with Crippen LogP contribution >= 0.6 is 11.6 Å². The van der Waals surface area contributed by atoms with Gasteiger partial charge in [0.05, 0.1) is 6.61 Å². The van der Waals surface area contributed by atoms with Crippen molar-refractivity contribution in [1.29, 1.82) is 0 Å². The molecule has 2 rings (SSSR count). The third-order valence-corrected chi connectivity index (χ3v) is 3.63. The number of benzene rings is 2. The molecule has 0 aliphatic rings. The van der Waals surface area contributed by atoms with E-state index in [0.717, 1.165) is 28.0 Å². The number of aryl methyl sites for hydroxylation is 1. The fourth-order valence-electron chi connectivity index (χ4n) is 1.94. The van der Waals surface area contributed by atoms with Gasteiger partial charge < -0.3 is 9.84 Å². The number of halogens is 1. The van der Waals surface area contributed by atoms with Crippen molar-refractivity contribution < 1.29 is 9.84 Å². The first-order valence-corrected chi connectivity index (χ1v) is 6.57. The lowest BCUT2D eigenvalue weighted by Crippen LogP contribution is -2.02. The Balaban J connectivity index is 2.24. The monoisotopic (exact) mass is 276 g/mol. The standard InChI is InChI=1S/C16H17ClO2/c1-11-7-8-13(9-18)16(12(11)2)19-10-14-5-3-4-6-15(14)17/h3-8,18H,9-10H2,1-2H3.